The summed E-state index contributed by atoms with van der Waals surface area (Å²) in [6, 6.07) is 15.1. The van der Waals surface area contributed by atoms with Crippen molar-refractivity contribution in [2.24, 2.45) is 4.99 Å². The molecule has 1 heterocycles. The van der Waals surface area contributed by atoms with Crippen LogP contribution in [-0.4, -0.2) is 26.1 Å². The Morgan fingerprint density at radius 2 is 1.68 bits per heavy atom. The van der Waals surface area contributed by atoms with Crippen LogP contribution in [0.2, 0.25) is 0 Å². The summed E-state index contributed by atoms with van der Waals surface area (Å²) in [6.45, 7) is 0. The molecule has 0 aromatic heterocycles. The first-order valence-corrected chi connectivity index (χ1v) is 7.67. The first-order valence-electron chi connectivity index (χ1n) is 7.67. The van der Waals surface area contributed by atoms with Gasteiger partial charge < -0.3 is 14.2 Å². The summed E-state index contributed by atoms with van der Waals surface area (Å²) >= 11 is 0. The highest BCUT2D eigenvalue weighted by Gasteiger charge is 2.21. The van der Waals surface area contributed by atoms with Crippen molar-refractivity contribution >= 4 is 24.0 Å². The normalized spacial score (nSPS) is 15.4. The van der Waals surface area contributed by atoms with E-state index in [1.165, 1.54) is 0 Å². The molecule has 0 radical (unpaired) electrons. The number of carbonyl (C=O) groups excluding carboxylic acids is 1. The third kappa shape index (κ3) is 3.95. The number of hydrogen-bond donors (Lipinski definition) is 0. The molecule has 0 aliphatic carbocycles. The Morgan fingerprint density at radius 1 is 0.920 bits per heavy atom. The van der Waals surface area contributed by atoms with Gasteiger partial charge in [-0.05, 0) is 35.4 Å². The zero-order valence-electron chi connectivity index (χ0n) is 13.9. The smallest absolute Gasteiger partial charge is 0.363 e. The number of nitrogens with zero attached hydrogens (tertiary/aromatic N) is 1. The van der Waals surface area contributed by atoms with Gasteiger partial charge in [0.15, 0.2) is 17.2 Å². The van der Waals surface area contributed by atoms with Crippen LogP contribution >= 0.6 is 0 Å². The van der Waals surface area contributed by atoms with Gasteiger partial charge in [0.05, 0.1) is 14.2 Å². The fourth-order valence-corrected chi connectivity index (χ4v) is 2.33. The summed E-state index contributed by atoms with van der Waals surface area (Å²) in [4.78, 5) is 16.2. The van der Waals surface area contributed by atoms with Crippen LogP contribution in [0.3, 0.4) is 0 Å². The fraction of sp³-hybridized carbons (Fsp3) is 0.100. The second-order valence-electron chi connectivity index (χ2n) is 5.23. The van der Waals surface area contributed by atoms with Gasteiger partial charge in [-0.15, -0.1) is 0 Å². The van der Waals surface area contributed by atoms with Crippen molar-refractivity contribution in [3.63, 3.8) is 0 Å². The van der Waals surface area contributed by atoms with Gasteiger partial charge in [-0.25, -0.2) is 9.79 Å². The topological polar surface area (TPSA) is 57.1 Å². The summed E-state index contributed by atoms with van der Waals surface area (Å²) < 4.78 is 15.6. The van der Waals surface area contributed by atoms with Gasteiger partial charge in [0.25, 0.3) is 0 Å². The Balaban J connectivity index is 1.82. The molecule has 0 unspecified atom stereocenters. The van der Waals surface area contributed by atoms with Gasteiger partial charge in [-0.2, -0.15) is 0 Å². The largest absolute Gasteiger partial charge is 0.493 e. The zero-order valence-corrected chi connectivity index (χ0v) is 13.9. The summed E-state index contributed by atoms with van der Waals surface area (Å²) in [5, 5.41) is 0. The zero-order chi connectivity index (χ0) is 17.6. The Kier molecular flexibility index (Phi) is 4.95. The first kappa shape index (κ1) is 16.5. The fourth-order valence-electron chi connectivity index (χ4n) is 2.33. The van der Waals surface area contributed by atoms with Gasteiger partial charge in [-0.1, -0.05) is 36.4 Å². The van der Waals surface area contributed by atoms with E-state index >= 15 is 0 Å². The van der Waals surface area contributed by atoms with E-state index in [-0.39, 0.29) is 11.6 Å². The number of cyclic esters (lactones) is 1. The predicted molar refractivity (Wildman–Crippen MR) is 96.5 cm³/mol. The molecule has 0 saturated heterocycles. The van der Waals surface area contributed by atoms with E-state index < -0.39 is 5.97 Å². The lowest BCUT2D eigenvalue weighted by Crippen LogP contribution is -2.01. The molecule has 0 N–H and O–H groups in total. The summed E-state index contributed by atoms with van der Waals surface area (Å²) in [6.07, 6.45) is 5.15. The number of benzene rings is 2. The summed E-state index contributed by atoms with van der Waals surface area (Å²) in [7, 11) is 3.13. The molecule has 5 nitrogen and oxygen atoms in total. The molecule has 2 aromatic carbocycles. The van der Waals surface area contributed by atoms with Gasteiger partial charge in [0.2, 0.25) is 5.90 Å². The maximum atomic E-state index is 12.0. The van der Waals surface area contributed by atoms with Gasteiger partial charge >= 0.3 is 5.97 Å². The average Bonchev–Trinajstić information content (AvgIpc) is 3.00. The molecule has 25 heavy (non-hydrogen) atoms. The number of carbonyl (C=O) groups is 1. The van der Waals surface area contributed by atoms with E-state index in [1.807, 2.05) is 42.5 Å². The van der Waals surface area contributed by atoms with Crippen LogP contribution in [0.15, 0.2) is 65.3 Å². The van der Waals surface area contributed by atoms with E-state index in [2.05, 4.69) is 4.99 Å². The van der Waals surface area contributed by atoms with E-state index in [9.17, 15) is 4.79 Å². The summed E-state index contributed by atoms with van der Waals surface area (Å²) in [5.74, 6) is 0.980. The minimum Gasteiger partial charge on any atom is -0.493 e. The van der Waals surface area contributed by atoms with Crippen LogP contribution in [0, 0.1) is 0 Å². The molecule has 5 heteroatoms. The maximum absolute atomic E-state index is 12.0. The second-order valence-corrected chi connectivity index (χ2v) is 5.23. The monoisotopic (exact) mass is 335 g/mol. The molecule has 1 aliphatic heterocycles. The highest BCUT2D eigenvalue weighted by atomic mass is 16.6. The molecule has 3 rings (SSSR count). The van der Waals surface area contributed by atoms with E-state index in [1.54, 1.807) is 38.5 Å². The van der Waals surface area contributed by atoms with Crippen LogP contribution in [-0.2, 0) is 9.53 Å². The van der Waals surface area contributed by atoms with E-state index in [0.717, 1.165) is 11.1 Å². The average molecular weight is 335 g/mol. The lowest BCUT2D eigenvalue weighted by molar-refractivity contribution is -0.129. The second kappa shape index (κ2) is 7.49. The molecule has 126 valence electrons. The van der Waals surface area contributed by atoms with Crippen LogP contribution < -0.4 is 9.47 Å². The molecule has 1 aliphatic rings. The minimum absolute atomic E-state index is 0.236. The number of aliphatic imine (C=N–C) groups is 1. The number of rotatable bonds is 5. The van der Waals surface area contributed by atoms with Crippen molar-refractivity contribution in [1.29, 1.82) is 0 Å². The third-order valence-electron chi connectivity index (χ3n) is 3.57. The van der Waals surface area contributed by atoms with Crippen molar-refractivity contribution in [1.82, 2.24) is 0 Å². The molecule has 0 fully saturated rings. The maximum Gasteiger partial charge on any atom is 0.363 e. The van der Waals surface area contributed by atoms with Gasteiger partial charge in [0, 0.05) is 6.08 Å². The highest BCUT2D eigenvalue weighted by molar-refractivity contribution is 6.11. The Morgan fingerprint density at radius 3 is 2.40 bits per heavy atom. The van der Waals surface area contributed by atoms with Crippen LogP contribution in [0.1, 0.15) is 11.1 Å². The van der Waals surface area contributed by atoms with Crippen molar-refractivity contribution < 1.29 is 19.0 Å². The molecule has 0 atom stereocenters. The standard InChI is InChI=1S/C20H17NO4/c1-23-17-10-8-15(13-18(17)24-2)12-16-20(22)25-19(21-16)11-9-14-6-4-3-5-7-14/h3-13H,1-2H3/b11-9-,16-12-. The van der Waals surface area contributed by atoms with Crippen LogP contribution in [0.25, 0.3) is 12.2 Å². The Bertz CT molecular complexity index is 867. The van der Waals surface area contributed by atoms with Crippen molar-refractivity contribution in [3.8, 4) is 11.5 Å². The lowest BCUT2D eigenvalue weighted by Gasteiger charge is -2.07. The molecule has 2 aromatic rings. The summed E-state index contributed by atoms with van der Waals surface area (Å²) in [5.41, 5.74) is 2.00. The molecular formula is C20H17NO4. The predicted octanol–water partition coefficient (Wildman–Crippen LogP) is 3.71. The van der Waals surface area contributed by atoms with E-state index in [4.69, 9.17) is 14.2 Å². The van der Waals surface area contributed by atoms with Gasteiger partial charge in [-0.3, -0.25) is 0 Å². The SMILES string of the molecule is COc1ccc(/C=C2N=C(/C=C\c3ccccc3)OC\2=O)cc1OC. The van der Waals surface area contributed by atoms with Crippen LogP contribution in [0.5, 0.6) is 11.5 Å². The van der Waals surface area contributed by atoms with Crippen LogP contribution in [0.4, 0.5) is 0 Å². The molecule has 0 saturated carbocycles. The minimum atomic E-state index is -0.484. The quantitative estimate of drug-likeness (QED) is 0.617. The molecule has 0 amide bonds. The van der Waals surface area contributed by atoms with Crippen molar-refractivity contribution in [2.75, 3.05) is 14.2 Å². The number of ether oxygens (including phenoxy) is 3. The van der Waals surface area contributed by atoms with E-state index in [0.29, 0.717) is 11.5 Å². The van der Waals surface area contributed by atoms with Crippen molar-refractivity contribution in [2.45, 2.75) is 0 Å². The lowest BCUT2D eigenvalue weighted by atomic mass is 10.1. The number of esters is 1. The third-order valence-corrected chi connectivity index (χ3v) is 3.57. The Hall–Kier alpha value is -3.34. The van der Waals surface area contributed by atoms with Gasteiger partial charge in [0.1, 0.15) is 0 Å². The molecular weight excluding hydrogens is 318 g/mol. The molecule has 0 spiro atoms. The Labute approximate surface area is 145 Å². The number of hydrogen-bond acceptors (Lipinski definition) is 5. The first-order chi connectivity index (χ1) is 12.2. The molecule has 0 bridgehead atoms. The van der Waals surface area contributed by atoms with Crippen molar-refractivity contribution in [3.05, 3.63) is 71.4 Å². The number of methoxy groups -OCH3 is 2. The highest BCUT2D eigenvalue weighted by Crippen LogP contribution is 2.29.